The molecular weight excluding hydrogens is 835 g/mol. The lowest BCUT2D eigenvalue weighted by Crippen LogP contribution is -2.12. The quantitative estimate of drug-likeness (QED) is 0.144. The van der Waals surface area contributed by atoms with Crippen LogP contribution in [0.2, 0.25) is 0 Å². The van der Waals surface area contributed by atoms with Crippen molar-refractivity contribution >= 4 is 126 Å². The third kappa shape index (κ3) is 6.75. The number of hydrogen-bond donors (Lipinski definition) is 0. The first-order chi connectivity index (χ1) is 33.2. The van der Waals surface area contributed by atoms with E-state index in [1.165, 1.54) is 41.7 Å². The van der Waals surface area contributed by atoms with Crippen LogP contribution in [0.5, 0.6) is 0 Å². The molecule has 5 heteroatoms. The number of hydrogen-bond acceptors (Lipinski definition) is 5. The minimum absolute atomic E-state index is 0.862. The Morgan fingerprint density at radius 2 is 0.657 bits per heavy atom. The van der Waals surface area contributed by atoms with E-state index in [1.54, 1.807) is 0 Å². The topological polar surface area (TPSA) is 22.9 Å². The van der Waals surface area contributed by atoms with Gasteiger partial charge in [-0.05, 0) is 126 Å². The van der Waals surface area contributed by atoms with Crippen molar-refractivity contribution in [2.24, 2.45) is 0 Å². The first-order valence-corrected chi connectivity index (χ1v) is 23.5. The molecule has 0 bridgehead atoms. The SMILES string of the molecule is c1ccc(N(c2ccc(N(c3ccc4c(c3)oc3ccccc34)c3cccc4ccccc34)cc2)c2ccc3sc4ccc(N(c5ccccc5)c5cccc6ccccc56)cc4c3c2)cc1. The molecule has 0 aliphatic heterocycles. The molecule has 0 fully saturated rings. The van der Waals surface area contributed by atoms with E-state index in [2.05, 4.69) is 251 Å². The lowest BCUT2D eigenvalue weighted by Gasteiger charge is -2.29. The van der Waals surface area contributed by atoms with Crippen LogP contribution in [0.25, 0.3) is 63.7 Å². The van der Waals surface area contributed by atoms with Crippen LogP contribution in [0.15, 0.2) is 253 Å². The van der Waals surface area contributed by atoms with Gasteiger partial charge in [0, 0.05) is 87.6 Å². The smallest absolute Gasteiger partial charge is 0.137 e. The normalized spacial score (nSPS) is 11.6. The summed E-state index contributed by atoms with van der Waals surface area (Å²) in [5.74, 6) is 0. The lowest BCUT2D eigenvalue weighted by molar-refractivity contribution is 0.669. The van der Waals surface area contributed by atoms with Crippen LogP contribution in [0.4, 0.5) is 51.2 Å². The predicted molar refractivity (Wildman–Crippen MR) is 286 cm³/mol. The van der Waals surface area contributed by atoms with Crippen LogP contribution in [-0.2, 0) is 0 Å². The fraction of sp³-hybridized carbons (Fsp3) is 0. The van der Waals surface area contributed by atoms with Crippen molar-refractivity contribution < 1.29 is 4.42 Å². The highest BCUT2D eigenvalue weighted by molar-refractivity contribution is 7.25. The molecule has 0 aliphatic rings. The first-order valence-electron chi connectivity index (χ1n) is 22.7. The zero-order valence-corrected chi connectivity index (χ0v) is 37.1. The van der Waals surface area contributed by atoms with Gasteiger partial charge in [0.05, 0.1) is 11.4 Å². The van der Waals surface area contributed by atoms with Crippen molar-refractivity contribution in [1.82, 2.24) is 0 Å². The summed E-state index contributed by atoms with van der Waals surface area (Å²) < 4.78 is 8.95. The van der Waals surface area contributed by atoms with Gasteiger partial charge in [-0.2, -0.15) is 0 Å². The molecule has 0 radical (unpaired) electrons. The first kappa shape index (κ1) is 38.8. The molecule has 0 aliphatic carbocycles. The molecule has 0 saturated heterocycles. The van der Waals surface area contributed by atoms with Crippen molar-refractivity contribution in [2.45, 2.75) is 0 Å². The van der Waals surface area contributed by atoms with Crippen LogP contribution in [0.3, 0.4) is 0 Å². The Balaban J connectivity index is 0.936. The third-order valence-electron chi connectivity index (χ3n) is 13.0. The summed E-state index contributed by atoms with van der Waals surface area (Å²) in [7, 11) is 0. The number of nitrogens with zero attached hydrogens (tertiary/aromatic N) is 3. The van der Waals surface area contributed by atoms with Gasteiger partial charge in [-0.1, -0.05) is 127 Å². The molecule has 0 atom stereocenters. The second kappa shape index (κ2) is 16.1. The van der Waals surface area contributed by atoms with E-state index in [4.69, 9.17) is 4.42 Å². The van der Waals surface area contributed by atoms with Crippen LogP contribution >= 0.6 is 11.3 Å². The maximum absolute atomic E-state index is 6.44. The molecule has 0 saturated carbocycles. The third-order valence-corrected chi connectivity index (χ3v) is 14.1. The van der Waals surface area contributed by atoms with Gasteiger partial charge in [0.15, 0.2) is 0 Å². The van der Waals surface area contributed by atoms with Crippen molar-refractivity contribution in [3.63, 3.8) is 0 Å². The van der Waals surface area contributed by atoms with Gasteiger partial charge in [-0.15, -0.1) is 11.3 Å². The Labute approximate surface area is 392 Å². The molecule has 0 spiro atoms. The molecule has 11 aromatic carbocycles. The highest BCUT2D eigenvalue weighted by Gasteiger charge is 2.21. The Bertz CT molecular complexity index is 3940. The molecule has 316 valence electrons. The minimum Gasteiger partial charge on any atom is -0.456 e. The number of rotatable bonds is 9. The summed E-state index contributed by atoms with van der Waals surface area (Å²) >= 11 is 1.84. The van der Waals surface area contributed by atoms with Crippen molar-refractivity contribution in [2.75, 3.05) is 14.7 Å². The van der Waals surface area contributed by atoms with Crippen molar-refractivity contribution in [3.05, 3.63) is 249 Å². The zero-order valence-electron chi connectivity index (χ0n) is 36.3. The van der Waals surface area contributed by atoms with E-state index in [1.807, 2.05) is 23.5 Å². The Hall–Kier alpha value is -8.64. The number of fused-ring (bicyclic) bond motifs is 8. The van der Waals surface area contributed by atoms with Gasteiger partial charge in [-0.3, -0.25) is 0 Å². The Morgan fingerprint density at radius 3 is 1.25 bits per heavy atom. The van der Waals surface area contributed by atoms with E-state index < -0.39 is 0 Å². The lowest BCUT2D eigenvalue weighted by atomic mass is 10.1. The predicted octanol–water partition coefficient (Wildman–Crippen LogP) is 18.7. The molecule has 13 rings (SSSR count). The zero-order chi connectivity index (χ0) is 44.3. The summed E-state index contributed by atoms with van der Waals surface area (Å²) in [6.45, 7) is 0. The number of furan rings is 1. The highest BCUT2D eigenvalue weighted by atomic mass is 32.1. The second-order valence-corrected chi connectivity index (χ2v) is 18.0. The molecule has 0 N–H and O–H groups in total. The fourth-order valence-electron chi connectivity index (χ4n) is 9.90. The molecular formula is C62H41N3OS. The minimum atomic E-state index is 0.862. The summed E-state index contributed by atoms with van der Waals surface area (Å²) in [6, 6.07) is 89.4. The average Bonchev–Trinajstić information content (AvgIpc) is 3.95. The maximum Gasteiger partial charge on any atom is 0.137 e. The molecule has 67 heavy (non-hydrogen) atoms. The summed E-state index contributed by atoms with van der Waals surface area (Å²) in [5, 5.41) is 9.48. The number of anilines is 9. The number of benzene rings is 11. The summed E-state index contributed by atoms with van der Waals surface area (Å²) in [6.07, 6.45) is 0. The molecule has 2 heterocycles. The number of para-hydroxylation sites is 3. The van der Waals surface area contributed by atoms with E-state index >= 15 is 0 Å². The van der Waals surface area contributed by atoms with Crippen molar-refractivity contribution in [1.29, 1.82) is 0 Å². The van der Waals surface area contributed by atoms with Crippen LogP contribution in [0.1, 0.15) is 0 Å². The largest absolute Gasteiger partial charge is 0.456 e. The Kier molecular flexibility index (Phi) is 9.32. The van der Waals surface area contributed by atoms with E-state index in [0.717, 1.165) is 73.1 Å². The van der Waals surface area contributed by atoms with Crippen LogP contribution in [-0.4, -0.2) is 0 Å². The van der Waals surface area contributed by atoms with Crippen LogP contribution in [0, 0.1) is 0 Å². The average molecular weight is 876 g/mol. The van der Waals surface area contributed by atoms with Gasteiger partial charge in [0.1, 0.15) is 11.2 Å². The monoisotopic (exact) mass is 875 g/mol. The highest BCUT2D eigenvalue weighted by Crippen LogP contribution is 2.46. The standard InChI is InChI=1S/C62H41N3OS/c1-3-19-44(20-4-1)63(46-29-31-47(32-30-46)65(58-27-14-18-43-16-8-10-24-52(43)58)50-33-36-54-53-25-11-12-28-59(53)66-60(54)41-50)48-34-37-61-55(39-48)56-40-49(35-38-62(56)67-61)64(45-21-5-2-6-22-45)57-26-13-17-42-15-7-9-23-51(42)57/h1-41H. The van der Waals surface area contributed by atoms with Gasteiger partial charge < -0.3 is 19.1 Å². The molecule has 4 nitrogen and oxygen atoms in total. The van der Waals surface area contributed by atoms with Gasteiger partial charge >= 0.3 is 0 Å². The second-order valence-electron chi connectivity index (χ2n) is 16.9. The van der Waals surface area contributed by atoms with Gasteiger partial charge in [0.25, 0.3) is 0 Å². The number of thiophene rings is 1. The molecule has 2 aromatic heterocycles. The van der Waals surface area contributed by atoms with Crippen molar-refractivity contribution in [3.8, 4) is 0 Å². The fourth-order valence-corrected chi connectivity index (χ4v) is 11.0. The van der Waals surface area contributed by atoms with E-state index in [0.29, 0.717) is 0 Å². The molecule has 0 unspecified atom stereocenters. The van der Waals surface area contributed by atoms with Gasteiger partial charge in [0.2, 0.25) is 0 Å². The van der Waals surface area contributed by atoms with E-state index in [9.17, 15) is 0 Å². The Morgan fingerprint density at radius 1 is 0.254 bits per heavy atom. The maximum atomic E-state index is 6.44. The van der Waals surface area contributed by atoms with Gasteiger partial charge in [-0.25, -0.2) is 0 Å². The van der Waals surface area contributed by atoms with Crippen LogP contribution < -0.4 is 14.7 Å². The molecule has 0 amide bonds. The summed E-state index contributed by atoms with van der Waals surface area (Å²) in [5.41, 5.74) is 11.5. The summed E-state index contributed by atoms with van der Waals surface area (Å²) in [4.78, 5) is 7.11. The van der Waals surface area contributed by atoms with E-state index in [-0.39, 0.29) is 0 Å². The molecule has 13 aromatic rings.